The minimum absolute atomic E-state index is 0.176. The third kappa shape index (κ3) is 5.28. The highest BCUT2D eigenvalue weighted by atomic mass is 32.1. The molecule has 3 heterocycles. The number of nitrogens with zero attached hydrogens (tertiary/aromatic N) is 3. The van der Waals surface area contributed by atoms with Gasteiger partial charge in [0.2, 0.25) is 0 Å². The van der Waals surface area contributed by atoms with Crippen LogP contribution in [0.2, 0.25) is 0 Å². The number of aromatic nitrogens is 3. The van der Waals surface area contributed by atoms with Gasteiger partial charge >= 0.3 is 0 Å². The normalized spacial score (nSPS) is 11.2. The predicted octanol–water partition coefficient (Wildman–Crippen LogP) is 7.26. The first-order valence-corrected chi connectivity index (χ1v) is 12.6. The minimum atomic E-state index is -0.176. The summed E-state index contributed by atoms with van der Waals surface area (Å²) in [6.45, 7) is 4.46. The van der Waals surface area contributed by atoms with E-state index in [1.807, 2.05) is 72.9 Å². The summed E-state index contributed by atoms with van der Waals surface area (Å²) in [6, 6.07) is 23.1. The Morgan fingerprint density at radius 2 is 1.83 bits per heavy atom. The summed E-state index contributed by atoms with van der Waals surface area (Å²) in [7, 11) is 0. The quantitative estimate of drug-likeness (QED) is 0.267. The molecule has 1 N–H and O–H groups in total. The standard InChI is InChI=1S/C29H26N4OS/c1-19(2)13-14-20-16-26-29(31-18-20)35-28(33-26)23-10-3-4-12-25(23)32-27(34)22-9-7-8-21(17-22)24-11-5-6-15-30-24/h3-12,15-19H,13-14H2,1-2H3,(H,32,34). The molecule has 0 fully saturated rings. The van der Waals surface area contributed by atoms with Crippen LogP contribution in [0.15, 0.2) is 85.2 Å². The van der Waals surface area contributed by atoms with Crippen molar-refractivity contribution in [2.24, 2.45) is 5.92 Å². The van der Waals surface area contributed by atoms with Crippen LogP contribution < -0.4 is 5.32 Å². The molecule has 0 radical (unpaired) electrons. The van der Waals surface area contributed by atoms with E-state index in [4.69, 9.17) is 4.98 Å². The number of carbonyl (C=O) groups is 1. The Hall–Kier alpha value is -3.90. The fourth-order valence-corrected chi connectivity index (χ4v) is 4.83. The molecule has 0 spiro atoms. The van der Waals surface area contributed by atoms with Crippen LogP contribution >= 0.6 is 11.3 Å². The van der Waals surface area contributed by atoms with Crippen molar-refractivity contribution in [3.63, 3.8) is 0 Å². The van der Waals surface area contributed by atoms with E-state index in [9.17, 15) is 4.79 Å². The first-order chi connectivity index (χ1) is 17.1. The maximum atomic E-state index is 13.2. The maximum Gasteiger partial charge on any atom is 0.255 e. The van der Waals surface area contributed by atoms with Crippen molar-refractivity contribution in [3.8, 4) is 21.8 Å². The molecule has 174 valence electrons. The van der Waals surface area contributed by atoms with Gasteiger partial charge in [0.25, 0.3) is 5.91 Å². The van der Waals surface area contributed by atoms with Gasteiger partial charge in [0, 0.05) is 29.1 Å². The molecule has 2 aromatic carbocycles. The number of aryl methyl sites for hydroxylation is 1. The van der Waals surface area contributed by atoms with Crippen LogP contribution in [0.25, 0.3) is 32.2 Å². The third-order valence-electron chi connectivity index (χ3n) is 5.81. The molecule has 5 aromatic rings. The van der Waals surface area contributed by atoms with E-state index in [-0.39, 0.29) is 5.91 Å². The van der Waals surface area contributed by atoms with Crippen LogP contribution in [0.5, 0.6) is 0 Å². The lowest BCUT2D eigenvalue weighted by Crippen LogP contribution is -2.12. The average molecular weight is 479 g/mol. The van der Waals surface area contributed by atoms with Gasteiger partial charge in [-0.3, -0.25) is 9.78 Å². The Kier molecular flexibility index (Phi) is 6.64. The molecule has 3 aromatic heterocycles. The Morgan fingerprint density at radius 3 is 2.66 bits per heavy atom. The van der Waals surface area contributed by atoms with Crippen LogP contribution in [0.4, 0.5) is 5.69 Å². The Morgan fingerprint density at radius 1 is 0.971 bits per heavy atom. The van der Waals surface area contributed by atoms with E-state index in [0.717, 1.165) is 50.7 Å². The molecule has 6 heteroatoms. The molecule has 0 saturated heterocycles. The van der Waals surface area contributed by atoms with Gasteiger partial charge in [0.15, 0.2) is 0 Å². The molecular formula is C29H26N4OS. The maximum absolute atomic E-state index is 13.2. The average Bonchev–Trinajstić information content (AvgIpc) is 3.31. The zero-order valence-electron chi connectivity index (χ0n) is 19.7. The van der Waals surface area contributed by atoms with Crippen LogP contribution in [0.3, 0.4) is 0 Å². The monoisotopic (exact) mass is 478 g/mol. The van der Waals surface area contributed by atoms with Crippen molar-refractivity contribution < 1.29 is 4.79 Å². The lowest BCUT2D eigenvalue weighted by molar-refractivity contribution is 0.102. The van der Waals surface area contributed by atoms with Crippen LogP contribution in [-0.2, 0) is 6.42 Å². The van der Waals surface area contributed by atoms with E-state index in [1.165, 1.54) is 16.9 Å². The van der Waals surface area contributed by atoms with Gasteiger partial charge in [-0.2, -0.15) is 0 Å². The van der Waals surface area contributed by atoms with Crippen LogP contribution in [0.1, 0.15) is 36.2 Å². The van der Waals surface area contributed by atoms with Crippen molar-refractivity contribution in [2.45, 2.75) is 26.7 Å². The summed E-state index contributed by atoms with van der Waals surface area (Å²) in [5.74, 6) is 0.474. The smallest absolute Gasteiger partial charge is 0.255 e. The van der Waals surface area contributed by atoms with Crippen molar-refractivity contribution in [3.05, 3.63) is 96.3 Å². The number of carbonyl (C=O) groups excluding carboxylic acids is 1. The fraction of sp³-hybridized carbons (Fsp3) is 0.172. The largest absolute Gasteiger partial charge is 0.321 e. The van der Waals surface area contributed by atoms with Gasteiger partial charge in [-0.15, -0.1) is 0 Å². The summed E-state index contributed by atoms with van der Waals surface area (Å²) in [5.41, 5.74) is 6.01. The molecule has 0 aliphatic rings. The molecule has 0 aliphatic carbocycles. The number of anilines is 1. The van der Waals surface area contributed by atoms with Crippen molar-refractivity contribution >= 4 is 33.3 Å². The Labute approximate surface area is 208 Å². The SMILES string of the molecule is CC(C)CCc1cnc2sc(-c3ccccc3NC(=O)c3cccc(-c4ccccn4)c3)nc2c1. The summed E-state index contributed by atoms with van der Waals surface area (Å²) < 4.78 is 0. The number of hydrogen-bond donors (Lipinski definition) is 1. The van der Waals surface area contributed by atoms with Crippen LogP contribution in [-0.4, -0.2) is 20.9 Å². The Balaban J connectivity index is 1.41. The van der Waals surface area contributed by atoms with E-state index < -0.39 is 0 Å². The van der Waals surface area contributed by atoms with Crippen LogP contribution in [0, 0.1) is 5.92 Å². The summed E-state index contributed by atoms with van der Waals surface area (Å²) >= 11 is 1.54. The molecule has 0 bridgehead atoms. The number of pyridine rings is 2. The highest BCUT2D eigenvalue weighted by Crippen LogP contribution is 2.34. The molecule has 5 rings (SSSR count). The van der Waals surface area contributed by atoms with E-state index in [2.05, 4.69) is 35.2 Å². The number of amides is 1. The van der Waals surface area contributed by atoms with Gasteiger partial charge in [0.05, 0.1) is 11.4 Å². The summed E-state index contributed by atoms with van der Waals surface area (Å²) in [5, 5.41) is 3.92. The third-order valence-corrected chi connectivity index (χ3v) is 6.82. The second-order valence-electron chi connectivity index (χ2n) is 8.91. The van der Waals surface area contributed by atoms with E-state index >= 15 is 0 Å². The summed E-state index contributed by atoms with van der Waals surface area (Å²) in [6.07, 6.45) is 5.83. The number of thiazole rings is 1. The molecule has 0 atom stereocenters. The second kappa shape index (κ2) is 10.2. The van der Waals surface area contributed by atoms with Crippen molar-refractivity contribution in [2.75, 3.05) is 5.32 Å². The highest BCUT2D eigenvalue weighted by molar-refractivity contribution is 7.21. The molecule has 5 nitrogen and oxygen atoms in total. The number of fused-ring (bicyclic) bond motifs is 1. The first kappa shape index (κ1) is 22.9. The zero-order valence-corrected chi connectivity index (χ0v) is 20.5. The fourth-order valence-electron chi connectivity index (χ4n) is 3.90. The molecular weight excluding hydrogens is 452 g/mol. The second-order valence-corrected chi connectivity index (χ2v) is 9.89. The molecule has 0 unspecified atom stereocenters. The molecule has 0 saturated carbocycles. The number of para-hydroxylation sites is 1. The highest BCUT2D eigenvalue weighted by Gasteiger charge is 2.15. The summed E-state index contributed by atoms with van der Waals surface area (Å²) in [4.78, 5) is 28.0. The Bertz CT molecular complexity index is 1480. The van der Waals surface area contributed by atoms with E-state index in [1.54, 1.807) is 6.20 Å². The predicted molar refractivity (Wildman–Crippen MR) is 144 cm³/mol. The van der Waals surface area contributed by atoms with Gasteiger partial charge in [0.1, 0.15) is 15.4 Å². The van der Waals surface area contributed by atoms with Gasteiger partial charge < -0.3 is 5.32 Å². The van der Waals surface area contributed by atoms with Gasteiger partial charge in [-0.1, -0.05) is 55.5 Å². The molecule has 1 amide bonds. The number of nitrogens with one attached hydrogen (secondary N) is 1. The topological polar surface area (TPSA) is 67.8 Å². The van der Waals surface area contributed by atoms with Crippen molar-refractivity contribution in [1.29, 1.82) is 0 Å². The van der Waals surface area contributed by atoms with Crippen molar-refractivity contribution in [1.82, 2.24) is 15.0 Å². The van der Waals surface area contributed by atoms with Gasteiger partial charge in [-0.25, -0.2) is 9.97 Å². The number of rotatable bonds is 7. The first-order valence-electron chi connectivity index (χ1n) is 11.7. The minimum Gasteiger partial charge on any atom is -0.321 e. The van der Waals surface area contributed by atoms with Gasteiger partial charge in [-0.05, 0) is 66.8 Å². The lowest BCUT2D eigenvalue weighted by Gasteiger charge is -2.10. The zero-order chi connectivity index (χ0) is 24.2. The number of hydrogen-bond acceptors (Lipinski definition) is 5. The van der Waals surface area contributed by atoms with E-state index in [0.29, 0.717) is 11.5 Å². The molecule has 35 heavy (non-hydrogen) atoms. The molecule has 0 aliphatic heterocycles. The number of benzene rings is 2. The lowest BCUT2D eigenvalue weighted by atomic mass is 10.0.